The van der Waals surface area contributed by atoms with Crippen LogP contribution in [0, 0.1) is 0 Å². The van der Waals surface area contributed by atoms with Crippen molar-refractivity contribution in [3.8, 4) is 10.4 Å². The fourth-order valence-electron chi connectivity index (χ4n) is 1.88. The quantitative estimate of drug-likeness (QED) is 0.773. The Morgan fingerprint density at radius 2 is 2.17 bits per heavy atom. The number of fused-ring (bicyclic) bond motifs is 1. The van der Waals surface area contributed by atoms with Crippen LogP contribution in [0.1, 0.15) is 11.8 Å². The SMILES string of the molecule is CCNCc1ccc(-c2ccc3ncsc3c2)s1. The van der Waals surface area contributed by atoms with Crippen molar-refractivity contribution in [2.24, 2.45) is 0 Å². The Bertz CT molecular complexity index is 654. The molecule has 0 unspecified atom stereocenters. The zero-order valence-corrected chi connectivity index (χ0v) is 11.8. The average molecular weight is 274 g/mol. The van der Waals surface area contributed by atoms with Gasteiger partial charge in [0, 0.05) is 16.3 Å². The molecule has 4 heteroatoms. The molecule has 2 aromatic heterocycles. The maximum atomic E-state index is 4.31. The Kier molecular flexibility index (Phi) is 3.41. The molecule has 0 saturated carbocycles. The number of hydrogen-bond donors (Lipinski definition) is 1. The lowest BCUT2D eigenvalue weighted by atomic mass is 10.2. The van der Waals surface area contributed by atoms with Crippen molar-refractivity contribution in [1.82, 2.24) is 10.3 Å². The fourth-order valence-corrected chi connectivity index (χ4v) is 3.57. The molecule has 0 atom stereocenters. The Balaban J connectivity index is 1.90. The Labute approximate surface area is 114 Å². The normalized spacial score (nSPS) is 11.2. The second-order valence-electron chi connectivity index (χ2n) is 4.08. The number of benzene rings is 1. The summed E-state index contributed by atoms with van der Waals surface area (Å²) in [7, 11) is 0. The highest BCUT2D eigenvalue weighted by molar-refractivity contribution is 7.17. The molecule has 1 aromatic carbocycles. The van der Waals surface area contributed by atoms with E-state index in [1.54, 1.807) is 11.3 Å². The van der Waals surface area contributed by atoms with Gasteiger partial charge < -0.3 is 5.32 Å². The van der Waals surface area contributed by atoms with Crippen LogP contribution in [0.3, 0.4) is 0 Å². The van der Waals surface area contributed by atoms with Crippen molar-refractivity contribution in [2.45, 2.75) is 13.5 Å². The molecule has 1 N–H and O–H groups in total. The van der Waals surface area contributed by atoms with Gasteiger partial charge in [-0.25, -0.2) is 4.98 Å². The number of aromatic nitrogens is 1. The molecule has 92 valence electrons. The highest BCUT2D eigenvalue weighted by Crippen LogP contribution is 2.31. The van der Waals surface area contributed by atoms with Gasteiger partial charge in [0.05, 0.1) is 15.7 Å². The maximum Gasteiger partial charge on any atom is 0.0812 e. The summed E-state index contributed by atoms with van der Waals surface area (Å²) in [6.45, 7) is 4.11. The van der Waals surface area contributed by atoms with Crippen molar-refractivity contribution in [1.29, 1.82) is 0 Å². The molecule has 0 aliphatic heterocycles. The minimum absolute atomic E-state index is 0.962. The van der Waals surface area contributed by atoms with Gasteiger partial charge in [0.25, 0.3) is 0 Å². The molecule has 18 heavy (non-hydrogen) atoms. The van der Waals surface area contributed by atoms with E-state index in [-0.39, 0.29) is 0 Å². The topological polar surface area (TPSA) is 24.9 Å². The molecule has 0 saturated heterocycles. The number of rotatable bonds is 4. The zero-order valence-electron chi connectivity index (χ0n) is 10.1. The number of nitrogens with zero attached hydrogens (tertiary/aromatic N) is 1. The number of hydrogen-bond acceptors (Lipinski definition) is 4. The summed E-state index contributed by atoms with van der Waals surface area (Å²) in [5.74, 6) is 0. The van der Waals surface area contributed by atoms with Crippen LogP contribution in [0.2, 0.25) is 0 Å². The third kappa shape index (κ3) is 2.32. The molecule has 0 amide bonds. The largest absolute Gasteiger partial charge is 0.312 e. The number of nitrogens with one attached hydrogen (secondary N) is 1. The van der Waals surface area contributed by atoms with Crippen molar-refractivity contribution in [2.75, 3.05) is 6.54 Å². The summed E-state index contributed by atoms with van der Waals surface area (Å²) in [4.78, 5) is 7.03. The standard InChI is InChI=1S/C14H14N2S2/c1-2-15-8-11-4-6-13(18-11)10-3-5-12-14(7-10)17-9-16-12/h3-7,9,15H,2,8H2,1H3. The van der Waals surface area contributed by atoms with E-state index in [4.69, 9.17) is 0 Å². The first-order chi connectivity index (χ1) is 8.86. The van der Waals surface area contributed by atoms with Crippen LogP contribution in [0.5, 0.6) is 0 Å². The van der Waals surface area contributed by atoms with Crippen molar-refractivity contribution in [3.63, 3.8) is 0 Å². The Morgan fingerprint density at radius 1 is 1.22 bits per heavy atom. The maximum absolute atomic E-state index is 4.31. The molecule has 0 aliphatic carbocycles. The van der Waals surface area contributed by atoms with Gasteiger partial charge in [-0.15, -0.1) is 22.7 Å². The third-order valence-electron chi connectivity index (χ3n) is 2.83. The lowest BCUT2D eigenvalue weighted by Gasteiger charge is -1.98. The first-order valence-electron chi connectivity index (χ1n) is 6.00. The van der Waals surface area contributed by atoms with E-state index in [0.717, 1.165) is 18.6 Å². The van der Waals surface area contributed by atoms with E-state index in [1.807, 2.05) is 16.8 Å². The molecule has 0 spiro atoms. The van der Waals surface area contributed by atoms with Crippen molar-refractivity contribution >= 4 is 32.9 Å². The number of thiazole rings is 1. The molecule has 3 aromatic rings. The minimum Gasteiger partial charge on any atom is -0.312 e. The predicted molar refractivity (Wildman–Crippen MR) is 80.3 cm³/mol. The highest BCUT2D eigenvalue weighted by Gasteiger charge is 2.04. The minimum atomic E-state index is 0.962. The van der Waals surface area contributed by atoms with Gasteiger partial charge in [0.2, 0.25) is 0 Å². The van der Waals surface area contributed by atoms with Crippen LogP contribution in [-0.4, -0.2) is 11.5 Å². The zero-order chi connectivity index (χ0) is 12.4. The Hall–Kier alpha value is -1.23. The van der Waals surface area contributed by atoms with Crippen LogP contribution in [0.25, 0.3) is 20.7 Å². The first kappa shape index (κ1) is 11.8. The molecule has 2 nitrogen and oxygen atoms in total. The molecule has 3 rings (SSSR count). The fraction of sp³-hybridized carbons (Fsp3) is 0.214. The van der Waals surface area contributed by atoms with Gasteiger partial charge in [-0.3, -0.25) is 0 Å². The second-order valence-corrected chi connectivity index (χ2v) is 6.14. The molecule has 0 fully saturated rings. The summed E-state index contributed by atoms with van der Waals surface area (Å²) in [6, 6.07) is 10.9. The van der Waals surface area contributed by atoms with Crippen LogP contribution >= 0.6 is 22.7 Å². The van der Waals surface area contributed by atoms with Crippen LogP contribution in [0.4, 0.5) is 0 Å². The first-order valence-corrected chi connectivity index (χ1v) is 7.69. The van der Waals surface area contributed by atoms with Crippen LogP contribution in [-0.2, 0) is 6.54 Å². The van der Waals surface area contributed by atoms with Gasteiger partial charge >= 0.3 is 0 Å². The molecule has 2 heterocycles. The lowest BCUT2D eigenvalue weighted by molar-refractivity contribution is 0.735. The summed E-state index contributed by atoms with van der Waals surface area (Å²) in [5.41, 5.74) is 4.28. The van der Waals surface area contributed by atoms with E-state index in [0.29, 0.717) is 0 Å². The van der Waals surface area contributed by atoms with Crippen molar-refractivity contribution in [3.05, 3.63) is 40.7 Å². The predicted octanol–water partition coefficient (Wildman–Crippen LogP) is 4.13. The van der Waals surface area contributed by atoms with Gasteiger partial charge in [0.1, 0.15) is 0 Å². The van der Waals surface area contributed by atoms with E-state index in [2.05, 4.69) is 47.6 Å². The molecular weight excluding hydrogens is 260 g/mol. The third-order valence-corrected chi connectivity index (χ3v) is 4.75. The van der Waals surface area contributed by atoms with E-state index in [9.17, 15) is 0 Å². The summed E-state index contributed by atoms with van der Waals surface area (Å²) < 4.78 is 1.26. The Morgan fingerprint density at radius 3 is 3.06 bits per heavy atom. The summed E-state index contributed by atoms with van der Waals surface area (Å²) in [6.07, 6.45) is 0. The van der Waals surface area contributed by atoms with Gasteiger partial charge in [-0.05, 0) is 36.4 Å². The molecule has 0 aliphatic rings. The molecule has 0 bridgehead atoms. The molecular formula is C14H14N2S2. The summed E-state index contributed by atoms with van der Waals surface area (Å²) >= 11 is 3.56. The summed E-state index contributed by atoms with van der Waals surface area (Å²) in [5, 5.41) is 3.36. The van der Waals surface area contributed by atoms with Crippen LogP contribution in [0.15, 0.2) is 35.8 Å². The van der Waals surface area contributed by atoms with Gasteiger partial charge in [-0.2, -0.15) is 0 Å². The van der Waals surface area contributed by atoms with Gasteiger partial charge in [-0.1, -0.05) is 13.0 Å². The van der Waals surface area contributed by atoms with E-state index >= 15 is 0 Å². The van der Waals surface area contributed by atoms with Gasteiger partial charge in [0.15, 0.2) is 0 Å². The smallest absolute Gasteiger partial charge is 0.0812 e. The highest BCUT2D eigenvalue weighted by atomic mass is 32.1. The average Bonchev–Trinajstić information content (AvgIpc) is 3.04. The molecule has 0 radical (unpaired) electrons. The monoisotopic (exact) mass is 274 g/mol. The lowest BCUT2D eigenvalue weighted by Crippen LogP contribution is -2.10. The van der Waals surface area contributed by atoms with Crippen LogP contribution < -0.4 is 5.32 Å². The second kappa shape index (κ2) is 5.18. The number of thiophene rings is 1. The van der Waals surface area contributed by atoms with E-state index < -0.39 is 0 Å². The van der Waals surface area contributed by atoms with Crippen molar-refractivity contribution < 1.29 is 0 Å². The van der Waals surface area contributed by atoms with E-state index in [1.165, 1.54) is 20.0 Å².